The predicted octanol–water partition coefficient (Wildman–Crippen LogP) is 4.21. The summed E-state index contributed by atoms with van der Waals surface area (Å²) in [5.41, 5.74) is 2.94. The Kier molecular flexibility index (Phi) is 4.81. The van der Waals surface area contributed by atoms with E-state index in [0.29, 0.717) is 13.0 Å². The van der Waals surface area contributed by atoms with Gasteiger partial charge in [0.1, 0.15) is 5.75 Å². The van der Waals surface area contributed by atoms with Gasteiger partial charge in [-0.3, -0.25) is 9.69 Å². The van der Waals surface area contributed by atoms with Gasteiger partial charge in [-0.05, 0) is 32.0 Å². The van der Waals surface area contributed by atoms with E-state index in [9.17, 15) is 4.79 Å². The highest BCUT2D eigenvalue weighted by Crippen LogP contribution is 2.29. The van der Waals surface area contributed by atoms with Crippen molar-refractivity contribution in [2.75, 3.05) is 18.6 Å². The van der Waals surface area contributed by atoms with E-state index in [0.717, 1.165) is 32.2 Å². The number of amides is 1. The van der Waals surface area contributed by atoms with Crippen molar-refractivity contribution < 1.29 is 9.53 Å². The third-order valence-electron chi connectivity index (χ3n) is 3.91. The fourth-order valence-electron chi connectivity index (χ4n) is 2.70. The van der Waals surface area contributed by atoms with E-state index in [1.54, 1.807) is 23.3 Å². The van der Waals surface area contributed by atoms with Crippen molar-refractivity contribution in [3.05, 3.63) is 53.6 Å². The first-order chi connectivity index (χ1) is 11.6. The maximum atomic E-state index is 12.8. The van der Waals surface area contributed by atoms with Crippen LogP contribution in [-0.2, 0) is 11.2 Å². The van der Waals surface area contributed by atoms with Crippen molar-refractivity contribution >= 4 is 32.6 Å². The largest absolute Gasteiger partial charge is 0.496 e. The first kappa shape index (κ1) is 16.5. The molecule has 3 aromatic rings. The fraction of sp³-hybridized carbons (Fsp3) is 0.263. The van der Waals surface area contributed by atoms with Gasteiger partial charge in [0.25, 0.3) is 0 Å². The lowest BCUT2D eigenvalue weighted by atomic mass is 10.1. The lowest BCUT2D eigenvalue weighted by Crippen LogP contribution is -2.32. The van der Waals surface area contributed by atoms with Crippen LogP contribution in [0.2, 0.25) is 0 Å². The number of aromatic nitrogens is 1. The van der Waals surface area contributed by atoms with E-state index in [1.165, 1.54) is 0 Å². The maximum Gasteiger partial charge on any atom is 0.233 e. The molecule has 3 rings (SSSR count). The molecule has 0 radical (unpaired) electrons. The highest BCUT2D eigenvalue weighted by atomic mass is 32.1. The highest BCUT2D eigenvalue weighted by Gasteiger charge is 2.19. The predicted molar refractivity (Wildman–Crippen MR) is 99.1 cm³/mol. The second-order valence-corrected chi connectivity index (χ2v) is 6.60. The van der Waals surface area contributed by atoms with Gasteiger partial charge in [-0.15, -0.1) is 0 Å². The summed E-state index contributed by atoms with van der Waals surface area (Å²) in [6, 6.07) is 13.8. The van der Waals surface area contributed by atoms with E-state index in [-0.39, 0.29) is 5.91 Å². The molecule has 0 saturated heterocycles. The summed E-state index contributed by atoms with van der Waals surface area (Å²) < 4.78 is 6.47. The maximum absolute atomic E-state index is 12.8. The number of rotatable bonds is 5. The van der Waals surface area contributed by atoms with Crippen LogP contribution >= 0.6 is 11.3 Å². The minimum atomic E-state index is 0.0282. The molecule has 1 heterocycles. The summed E-state index contributed by atoms with van der Waals surface area (Å²) in [5.74, 6) is 0.773. The second kappa shape index (κ2) is 7.01. The molecule has 0 bridgehead atoms. The summed E-state index contributed by atoms with van der Waals surface area (Å²) in [5, 5.41) is 0.746. The molecule has 2 aromatic carbocycles. The van der Waals surface area contributed by atoms with Crippen LogP contribution in [-0.4, -0.2) is 24.5 Å². The molecule has 0 aliphatic carbocycles. The van der Waals surface area contributed by atoms with Gasteiger partial charge in [0, 0.05) is 12.1 Å². The number of carbonyl (C=O) groups is 1. The Labute approximate surface area is 145 Å². The Balaban J connectivity index is 1.88. The molecule has 1 aromatic heterocycles. The third-order valence-corrected chi connectivity index (χ3v) is 4.97. The molecular formula is C19H20N2O2S. The van der Waals surface area contributed by atoms with Crippen molar-refractivity contribution in [3.8, 4) is 5.75 Å². The number of aryl methyl sites for hydroxylation is 1. The number of thiazole rings is 1. The van der Waals surface area contributed by atoms with Gasteiger partial charge in [-0.2, -0.15) is 0 Å². The molecule has 124 valence electrons. The molecular weight excluding hydrogens is 320 g/mol. The molecule has 0 aliphatic heterocycles. The summed E-state index contributed by atoms with van der Waals surface area (Å²) in [7, 11) is 1.63. The van der Waals surface area contributed by atoms with Crippen LogP contribution in [0.3, 0.4) is 0 Å². The highest BCUT2D eigenvalue weighted by molar-refractivity contribution is 7.22. The minimum Gasteiger partial charge on any atom is -0.496 e. The molecule has 0 fully saturated rings. The number of para-hydroxylation sites is 1. The average molecular weight is 340 g/mol. The molecule has 0 atom stereocenters. The van der Waals surface area contributed by atoms with E-state index in [2.05, 4.69) is 4.98 Å². The fourth-order valence-corrected chi connectivity index (χ4v) is 3.74. The lowest BCUT2D eigenvalue weighted by Gasteiger charge is -2.18. The third kappa shape index (κ3) is 3.26. The van der Waals surface area contributed by atoms with Crippen molar-refractivity contribution in [1.82, 2.24) is 4.98 Å². The average Bonchev–Trinajstić information content (AvgIpc) is 2.99. The van der Waals surface area contributed by atoms with Crippen LogP contribution in [0.15, 0.2) is 42.5 Å². The van der Waals surface area contributed by atoms with Gasteiger partial charge in [0.2, 0.25) is 5.91 Å². The Bertz CT molecular complexity index is 840. The van der Waals surface area contributed by atoms with E-state index >= 15 is 0 Å². The monoisotopic (exact) mass is 340 g/mol. The van der Waals surface area contributed by atoms with Gasteiger partial charge in [-0.1, -0.05) is 41.2 Å². The zero-order chi connectivity index (χ0) is 17.1. The molecule has 5 heteroatoms. The topological polar surface area (TPSA) is 42.4 Å². The number of nitrogens with zero attached hydrogens (tertiary/aromatic N) is 2. The van der Waals surface area contributed by atoms with Crippen molar-refractivity contribution in [2.45, 2.75) is 20.3 Å². The Hall–Kier alpha value is -2.40. The number of fused-ring (bicyclic) bond motifs is 1. The summed E-state index contributed by atoms with van der Waals surface area (Å²) in [4.78, 5) is 19.2. The number of benzene rings is 2. The zero-order valence-corrected chi connectivity index (χ0v) is 14.9. The number of hydrogen-bond acceptors (Lipinski definition) is 4. The van der Waals surface area contributed by atoms with E-state index in [4.69, 9.17) is 4.74 Å². The van der Waals surface area contributed by atoms with Gasteiger partial charge in [0.15, 0.2) is 5.13 Å². The molecule has 0 spiro atoms. The van der Waals surface area contributed by atoms with Gasteiger partial charge >= 0.3 is 0 Å². The van der Waals surface area contributed by atoms with Crippen molar-refractivity contribution in [1.29, 1.82) is 0 Å². The molecule has 4 nitrogen and oxygen atoms in total. The van der Waals surface area contributed by atoms with Crippen LogP contribution in [0.1, 0.15) is 18.1 Å². The zero-order valence-electron chi connectivity index (χ0n) is 14.1. The number of methoxy groups -OCH3 is 1. The van der Waals surface area contributed by atoms with Crippen molar-refractivity contribution in [2.24, 2.45) is 0 Å². The first-order valence-electron chi connectivity index (χ1n) is 7.91. The molecule has 0 N–H and O–H groups in total. The normalized spacial score (nSPS) is 10.8. The quantitative estimate of drug-likeness (QED) is 0.699. The van der Waals surface area contributed by atoms with Gasteiger partial charge in [-0.25, -0.2) is 4.98 Å². The summed E-state index contributed by atoms with van der Waals surface area (Å²) in [6.07, 6.45) is 0.300. The number of carbonyl (C=O) groups excluding carboxylic acids is 1. The van der Waals surface area contributed by atoms with Crippen molar-refractivity contribution in [3.63, 3.8) is 0 Å². The van der Waals surface area contributed by atoms with Crippen LogP contribution in [0, 0.1) is 6.92 Å². The summed E-state index contributed by atoms with van der Waals surface area (Å²) >= 11 is 1.54. The Morgan fingerprint density at radius 1 is 1.25 bits per heavy atom. The number of anilines is 1. The minimum absolute atomic E-state index is 0.0282. The summed E-state index contributed by atoms with van der Waals surface area (Å²) in [6.45, 7) is 4.57. The SMILES string of the molecule is CCN(C(=O)Cc1cc(C)ccc1OC)c1nc2ccccc2s1. The molecule has 0 saturated carbocycles. The van der Waals surface area contributed by atoms with Crippen LogP contribution < -0.4 is 9.64 Å². The molecule has 0 unspecified atom stereocenters. The first-order valence-corrected chi connectivity index (χ1v) is 8.73. The molecule has 24 heavy (non-hydrogen) atoms. The Morgan fingerprint density at radius 3 is 2.75 bits per heavy atom. The van der Waals surface area contributed by atoms with Crippen LogP contribution in [0.25, 0.3) is 10.2 Å². The Morgan fingerprint density at radius 2 is 2.04 bits per heavy atom. The lowest BCUT2D eigenvalue weighted by molar-refractivity contribution is -0.117. The van der Waals surface area contributed by atoms with E-state index < -0.39 is 0 Å². The number of likely N-dealkylation sites (N-methyl/N-ethyl adjacent to an activating group) is 1. The van der Waals surface area contributed by atoms with Gasteiger partial charge in [0.05, 0.1) is 23.7 Å². The second-order valence-electron chi connectivity index (χ2n) is 5.59. The number of ether oxygens (including phenoxy) is 1. The number of hydrogen-bond donors (Lipinski definition) is 0. The molecule has 0 aliphatic rings. The van der Waals surface area contributed by atoms with E-state index in [1.807, 2.05) is 56.3 Å². The van der Waals surface area contributed by atoms with Crippen LogP contribution in [0.4, 0.5) is 5.13 Å². The smallest absolute Gasteiger partial charge is 0.233 e. The standard InChI is InChI=1S/C19H20N2O2S/c1-4-21(19-20-15-7-5-6-8-17(15)24-19)18(22)12-14-11-13(2)9-10-16(14)23-3/h5-11H,4,12H2,1-3H3. The van der Waals surface area contributed by atoms with Crippen LogP contribution in [0.5, 0.6) is 5.75 Å². The van der Waals surface area contributed by atoms with Gasteiger partial charge < -0.3 is 4.74 Å². The molecule has 1 amide bonds.